The number of rotatable bonds is 6. The van der Waals surface area contributed by atoms with Gasteiger partial charge >= 0.3 is 5.97 Å². The number of aryl methyl sites for hydroxylation is 1. The zero-order valence-electron chi connectivity index (χ0n) is 10.8. The van der Waals surface area contributed by atoms with Crippen molar-refractivity contribution >= 4 is 27.8 Å². The lowest BCUT2D eigenvalue weighted by Crippen LogP contribution is -2.46. The van der Waals surface area contributed by atoms with Crippen molar-refractivity contribution in [2.75, 3.05) is 6.54 Å². The lowest BCUT2D eigenvalue weighted by molar-refractivity contribution is -0.156. The number of halogens is 2. The van der Waals surface area contributed by atoms with Gasteiger partial charge in [0.1, 0.15) is 5.82 Å². The number of aliphatic hydroxyl groups is 1. The van der Waals surface area contributed by atoms with Crippen LogP contribution >= 0.6 is 15.9 Å². The average molecular weight is 348 g/mol. The van der Waals surface area contributed by atoms with Crippen molar-refractivity contribution in [1.82, 2.24) is 5.32 Å². The molecule has 1 rings (SSSR count). The number of hydrogen-bond acceptors (Lipinski definition) is 3. The van der Waals surface area contributed by atoms with Crippen molar-refractivity contribution in [2.24, 2.45) is 0 Å². The van der Waals surface area contributed by atoms with Crippen LogP contribution in [0.4, 0.5) is 4.39 Å². The molecular formula is C13H15BrFNO4. The Balaban J connectivity index is 2.48. The summed E-state index contributed by atoms with van der Waals surface area (Å²) in [7, 11) is 0. The lowest BCUT2D eigenvalue weighted by atomic mass is 10.1. The molecule has 0 spiro atoms. The predicted molar refractivity (Wildman–Crippen MR) is 73.7 cm³/mol. The summed E-state index contributed by atoms with van der Waals surface area (Å²) in [4.78, 5) is 22.2. The van der Waals surface area contributed by atoms with E-state index in [9.17, 15) is 19.1 Å². The second-order valence-electron chi connectivity index (χ2n) is 4.59. The topological polar surface area (TPSA) is 86.6 Å². The van der Waals surface area contributed by atoms with Crippen molar-refractivity contribution in [3.63, 3.8) is 0 Å². The first kappa shape index (κ1) is 16.6. The van der Waals surface area contributed by atoms with Crippen LogP contribution in [0.5, 0.6) is 0 Å². The fourth-order valence-corrected chi connectivity index (χ4v) is 1.86. The molecule has 1 unspecified atom stereocenters. The SMILES string of the molecule is CC(O)(CNC(=O)CCc1cc(F)ccc1Br)C(=O)O. The molecule has 0 aliphatic rings. The first-order valence-corrected chi connectivity index (χ1v) is 6.68. The fourth-order valence-electron chi connectivity index (χ4n) is 1.42. The van der Waals surface area contributed by atoms with E-state index in [0.29, 0.717) is 16.5 Å². The lowest BCUT2D eigenvalue weighted by Gasteiger charge is -2.18. The molecule has 0 fully saturated rings. The van der Waals surface area contributed by atoms with Gasteiger partial charge in [0.25, 0.3) is 0 Å². The average Bonchev–Trinajstić information content (AvgIpc) is 2.37. The standard InChI is InChI=1S/C13H15BrFNO4/c1-13(20,12(18)19)7-16-11(17)5-2-8-6-9(15)3-4-10(8)14/h3-4,6,20H,2,5,7H2,1H3,(H,16,17)(H,18,19). The number of nitrogens with one attached hydrogen (secondary N) is 1. The van der Waals surface area contributed by atoms with E-state index < -0.39 is 23.3 Å². The molecule has 110 valence electrons. The van der Waals surface area contributed by atoms with Gasteiger partial charge in [-0.2, -0.15) is 0 Å². The number of carboxylic acid groups (broad SMARTS) is 1. The second-order valence-corrected chi connectivity index (χ2v) is 5.45. The highest BCUT2D eigenvalue weighted by Gasteiger charge is 2.30. The summed E-state index contributed by atoms with van der Waals surface area (Å²) >= 11 is 3.25. The first-order valence-electron chi connectivity index (χ1n) is 5.89. The molecule has 20 heavy (non-hydrogen) atoms. The van der Waals surface area contributed by atoms with E-state index in [4.69, 9.17) is 5.11 Å². The molecule has 0 aliphatic heterocycles. The fraction of sp³-hybridized carbons (Fsp3) is 0.385. The van der Waals surface area contributed by atoms with E-state index >= 15 is 0 Å². The molecule has 0 saturated heterocycles. The van der Waals surface area contributed by atoms with Crippen LogP contribution < -0.4 is 5.32 Å². The summed E-state index contributed by atoms with van der Waals surface area (Å²) < 4.78 is 13.7. The Morgan fingerprint density at radius 3 is 2.70 bits per heavy atom. The predicted octanol–water partition coefficient (Wildman–Crippen LogP) is 1.47. The maximum atomic E-state index is 13.0. The maximum absolute atomic E-state index is 13.0. The number of carbonyl (C=O) groups is 2. The van der Waals surface area contributed by atoms with Gasteiger partial charge in [-0.3, -0.25) is 4.79 Å². The van der Waals surface area contributed by atoms with Gasteiger partial charge in [0.15, 0.2) is 5.60 Å². The van der Waals surface area contributed by atoms with Gasteiger partial charge in [-0.05, 0) is 37.1 Å². The van der Waals surface area contributed by atoms with Crippen LogP contribution in [0, 0.1) is 5.82 Å². The third-order valence-corrected chi connectivity index (χ3v) is 3.49. The van der Waals surface area contributed by atoms with E-state index in [-0.39, 0.29) is 13.0 Å². The number of aliphatic carboxylic acids is 1. The van der Waals surface area contributed by atoms with Crippen LogP contribution in [0.1, 0.15) is 18.9 Å². The van der Waals surface area contributed by atoms with Crippen LogP contribution in [0.3, 0.4) is 0 Å². The van der Waals surface area contributed by atoms with E-state index in [0.717, 1.165) is 6.92 Å². The minimum Gasteiger partial charge on any atom is -0.479 e. The Morgan fingerprint density at radius 2 is 2.10 bits per heavy atom. The molecule has 0 bridgehead atoms. The number of carboxylic acids is 1. The minimum absolute atomic E-state index is 0.0672. The zero-order valence-corrected chi connectivity index (χ0v) is 12.4. The van der Waals surface area contributed by atoms with Crippen molar-refractivity contribution in [2.45, 2.75) is 25.4 Å². The van der Waals surface area contributed by atoms with E-state index in [2.05, 4.69) is 21.2 Å². The number of amides is 1. The van der Waals surface area contributed by atoms with E-state index in [1.54, 1.807) is 6.07 Å². The summed E-state index contributed by atoms with van der Waals surface area (Å²) in [6.07, 6.45) is 0.372. The second kappa shape index (κ2) is 6.81. The van der Waals surface area contributed by atoms with Gasteiger partial charge in [-0.15, -0.1) is 0 Å². The van der Waals surface area contributed by atoms with Gasteiger partial charge < -0.3 is 15.5 Å². The molecule has 0 aromatic heterocycles. The summed E-state index contributed by atoms with van der Waals surface area (Å²) in [6, 6.07) is 4.18. The molecule has 3 N–H and O–H groups in total. The van der Waals surface area contributed by atoms with Gasteiger partial charge in [0.2, 0.25) is 5.91 Å². The summed E-state index contributed by atoms with van der Waals surface area (Å²) in [5.41, 5.74) is -1.36. The zero-order chi connectivity index (χ0) is 15.3. The molecule has 0 heterocycles. The highest BCUT2D eigenvalue weighted by Crippen LogP contribution is 2.19. The van der Waals surface area contributed by atoms with E-state index in [1.807, 2.05) is 0 Å². The highest BCUT2D eigenvalue weighted by atomic mass is 79.9. The van der Waals surface area contributed by atoms with Gasteiger partial charge in [-0.1, -0.05) is 15.9 Å². The molecule has 0 saturated carbocycles. The molecule has 5 nitrogen and oxygen atoms in total. The summed E-state index contributed by atoms with van der Waals surface area (Å²) in [6.45, 7) is 0.713. The quantitative estimate of drug-likeness (QED) is 0.727. The third kappa shape index (κ3) is 4.90. The minimum atomic E-state index is -2.00. The van der Waals surface area contributed by atoms with Gasteiger partial charge in [0, 0.05) is 10.9 Å². The van der Waals surface area contributed by atoms with Crippen molar-refractivity contribution < 1.29 is 24.2 Å². The molecule has 7 heteroatoms. The van der Waals surface area contributed by atoms with Crippen LogP contribution in [0.25, 0.3) is 0 Å². The molecule has 1 atom stereocenters. The van der Waals surface area contributed by atoms with Crippen molar-refractivity contribution in [3.05, 3.63) is 34.1 Å². The van der Waals surface area contributed by atoms with Crippen LogP contribution in [0.15, 0.2) is 22.7 Å². The third-order valence-electron chi connectivity index (χ3n) is 2.72. The maximum Gasteiger partial charge on any atom is 0.337 e. The largest absolute Gasteiger partial charge is 0.479 e. The van der Waals surface area contributed by atoms with Crippen molar-refractivity contribution in [3.8, 4) is 0 Å². The normalized spacial score (nSPS) is 13.6. The summed E-state index contributed by atoms with van der Waals surface area (Å²) in [5, 5.41) is 20.4. The smallest absolute Gasteiger partial charge is 0.337 e. The Morgan fingerprint density at radius 1 is 1.45 bits per heavy atom. The first-order chi connectivity index (χ1) is 9.22. The Bertz CT molecular complexity index is 519. The van der Waals surface area contributed by atoms with Crippen LogP contribution in [-0.2, 0) is 16.0 Å². The number of carbonyl (C=O) groups excluding carboxylic acids is 1. The monoisotopic (exact) mass is 347 g/mol. The molecular weight excluding hydrogens is 333 g/mol. The van der Waals surface area contributed by atoms with Crippen molar-refractivity contribution in [1.29, 1.82) is 0 Å². The van der Waals surface area contributed by atoms with Crippen LogP contribution in [0.2, 0.25) is 0 Å². The number of benzene rings is 1. The van der Waals surface area contributed by atoms with Gasteiger partial charge in [-0.25, -0.2) is 9.18 Å². The molecule has 1 aromatic rings. The Hall–Kier alpha value is -1.47. The van der Waals surface area contributed by atoms with E-state index in [1.165, 1.54) is 12.1 Å². The molecule has 0 radical (unpaired) electrons. The number of hydrogen-bond donors (Lipinski definition) is 3. The Labute approximate surface area is 123 Å². The highest BCUT2D eigenvalue weighted by molar-refractivity contribution is 9.10. The molecule has 0 aliphatic carbocycles. The summed E-state index contributed by atoms with van der Waals surface area (Å²) in [5.74, 6) is -2.22. The van der Waals surface area contributed by atoms with Crippen LogP contribution in [-0.4, -0.2) is 34.2 Å². The molecule has 1 aromatic carbocycles. The molecule has 1 amide bonds. The Kier molecular flexibility index (Phi) is 5.64. The van der Waals surface area contributed by atoms with Gasteiger partial charge in [0.05, 0.1) is 6.54 Å².